The number of nitrogens with one attached hydrogen (secondary N) is 1. The van der Waals surface area contributed by atoms with Crippen LogP contribution >= 0.6 is 24.8 Å². The van der Waals surface area contributed by atoms with Crippen LogP contribution in [-0.4, -0.2) is 13.2 Å². The topological polar surface area (TPSA) is 38.0 Å². The summed E-state index contributed by atoms with van der Waals surface area (Å²) in [5.41, 5.74) is 7.24. The molecule has 0 aliphatic rings. The van der Waals surface area contributed by atoms with Crippen LogP contribution in [0.5, 0.6) is 0 Å². The quantitative estimate of drug-likeness (QED) is 0.292. The lowest BCUT2D eigenvalue weighted by atomic mass is 9.66. The maximum absolute atomic E-state index is 13.3. The zero-order valence-corrected chi connectivity index (χ0v) is 20.0. The Morgan fingerprint density at radius 3 is 2.03 bits per heavy atom. The standard InChI is InChI=1S/C24H33F3N2.2ClH/c1-18(2)23(22(28)29-3,20-14-10-15-21(17-20)24(25,26)27)16-9-5-8-13-19-11-6-4-7-12-19;;/h4,6-7,10-12,14-15,17-18,22,29H,5,8-9,13,16,28H2,1-3H3;2*1H. The van der Waals surface area contributed by atoms with Crippen LogP contribution in [0, 0.1) is 5.92 Å². The zero-order chi connectivity index (χ0) is 21.5. The predicted octanol–water partition coefficient (Wildman–Crippen LogP) is 6.75. The van der Waals surface area contributed by atoms with Gasteiger partial charge >= 0.3 is 6.18 Å². The molecule has 2 nitrogen and oxygen atoms in total. The van der Waals surface area contributed by atoms with Crippen LogP contribution in [0.1, 0.15) is 56.2 Å². The molecule has 0 aromatic heterocycles. The molecule has 2 aromatic carbocycles. The fourth-order valence-electron chi connectivity index (χ4n) is 4.27. The van der Waals surface area contributed by atoms with Crippen molar-refractivity contribution in [2.45, 2.75) is 63.7 Å². The van der Waals surface area contributed by atoms with Crippen LogP contribution in [0.15, 0.2) is 54.6 Å². The lowest BCUT2D eigenvalue weighted by Crippen LogP contribution is -2.56. The average Bonchev–Trinajstić information content (AvgIpc) is 2.70. The SMILES string of the molecule is CNC(N)C(CCCCCc1ccccc1)(c1cccc(C(F)(F)F)c1)C(C)C.Cl.Cl. The van der Waals surface area contributed by atoms with Gasteiger partial charge in [-0.15, -0.1) is 24.8 Å². The van der Waals surface area contributed by atoms with E-state index in [-0.39, 0.29) is 30.7 Å². The smallest absolute Gasteiger partial charge is 0.315 e. The lowest BCUT2D eigenvalue weighted by molar-refractivity contribution is -0.137. The summed E-state index contributed by atoms with van der Waals surface area (Å²) < 4.78 is 39.9. The van der Waals surface area contributed by atoms with Gasteiger partial charge in [-0.2, -0.15) is 13.2 Å². The van der Waals surface area contributed by atoms with Crippen molar-refractivity contribution in [2.24, 2.45) is 11.7 Å². The van der Waals surface area contributed by atoms with Crippen LogP contribution in [0.4, 0.5) is 13.2 Å². The van der Waals surface area contributed by atoms with Crippen molar-refractivity contribution in [3.8, 4) is 0 Å². The Hall–Kier alpha value is -1.27. The van der Waals surface area contributed by atoms with E-state index in [1.54, 1.807) is 13.1 Å². The number of rotatable bonds is 10. The molecule has 31 heavy (non-hydrogen) atoms. The Morgan fingerprint density at radius 2 is 1.48 bits per heavy atom. The Morgan fingerprint density at radius 1 is 0.871 bits per heavy atom. The van der Waals surface area contributed by atoms with Crippen molar-refractivity contribution in [1.82, 2.24) is 5.32 Å². The van der Waals surface area contributed by atoms with Gasteiger partial charge in [0, 0.05) is 5.41 Å². The van der Waals surface area contributed by atoms with Crippen LogP contribution in [0.3, 0.4) is 0 Å². The minimum atomic E-state index is -4.36. The molecule has 0 spiro atoms. The normalized spacial score (nSPS) is 14.3. The number of halogens is 5. The second kappa shape index (κ2) is 13.3. The molecular formula is C24H35Cl2F3N2. The molecule has 0 aliphatic heterocycles. The van der Waals surface area contributed by atoms with E-state index in [9.17, 15) is 13.2 Å². The summed E-state index contributed by atoms with van der Waals surface area (Å²) in [6.45, 7) is 4.09. The number of likely N-dealkylation sites (N-methyl/N-ethyl adjacent to an activating group) is 1. The van der Waals surface area contributed by atoms with E-state index in [1.165, 1.54) is 17.7 Å². The van der Waals surface area contributed by atoms with Gasteiger partial charge in [0.25, 0.3) is 0 Å². The summed E-state index contributed by atoms with van der Waals surface area (Å²) in [4.78, 5) is 0. The minimum absolute atomic E-state index is 0. The van der Waals surface area contributed by atoms with E-state index < -0.39 is 23.3 Å². The number of alkyl halides is 3. The summed E-state index contributed by atoms with van der Waals surface area (Å²) >= 11 is 0. The van der Waals surface area contributed by atoms with Crippen molar-refractivity contribution in [3.05, 3.63) is 71.3 Å². The molecule has 7 heteroatoms. The van der Waals surface area contributed by atoms with E-state index in [0.717, 1.165) is 38.2 Å². The molecule has 0 amide bonds. The highest BCUT2D eigenvalue weighted by molar-refractivity contribution is 5.85. The highest BCUT2D eigenvalue weighted by Crippen LogP contribution is 2.41. The molecule has 0 heterocycles. The van der Waals surface area contributed by atoms with Gasteiger partial charge in [-0.1, -0.05) is 75.2 Å². The minimum Gasteiger partial charge on any atom is -0.315 e. The molecule has 2 unspecified atom stereocenters. The third kappa shape index (κ3) is 7.67. The molecule has 0 saturated carbocycles. The lowest BCUT2D eigenvalue weighted by Gasteiger charge is -2.43. The third-order valence-corrected chi connectivity index (χ3v) is 6.02. The van der Waals surface area contributed by atoms with Crippen LogP contribution in [0.25, 0.3) is 0 Å². The first-order chi connectivity index (χ1) is 13.7. The summed E-state index contributed by atoms with van der Waals surface area (Å²) in [6, 6.07) is 16.0. The molecule has 0 radical (unpaired) electrons. The Labute approximate surface area is 197 Å². The van der Waals surface area contributed by atoms with Gasteiger partial charge in [0.2, 0.25) is 0 Å². The summed E-state index contributed by atoms with van der Waals surface area (Å²) in [5, 5.41) is 3.11. The van der Waals surface area contributed by atoms with Crippen molar-refractivity contribution >= 4 is 24.8 Å². The predicted molar refractivity (Wildman–Crippen MR) is 128 cm³/mol. The molecule has 2 atom stereocenters. The van der Waals surface area contributed by atoms with Crippen LogP contribution in [-0.2, 0) is 18.0 Å². The fourth-order valence-corrected chi connectivity index (χ4v) is 4.27. The number of hydrogen-bond donors (Lipinski definition) is 2. The number of aryl methyl sites for hydroxylation is 1. The van der Waals surface area contributed by atoms with Gasteiger partial charge in [0.05, 0.1) is 11.7 Å². The van der Waals surface area contributed by atoms with E-state index >= 15 is 0 Å². The third-order valence-electron chi connectivity index (χ3n) is 6.02. The van der Waals surface area contributed by atoms with E-state index in [4.69, 9.17) is 5.73 Å². The van der Waals surface area contributed by atoms with Crippen LogP contribution in [0.2, 0.25) is 0 Å². The number of unbranched alkanes of at least 4 members (excludes halogenated alkanes) is 2. The first kappa shape index (κ1) is 29.7. The van der Waals surface area contributed by atoms with Crippen molar-refractivity contribution in [1.29, 1.82) is 0 Å². The van der Waals surface area contributed by atoms with Gasteiger partial charge in [0.15, 0.2) is 0 Å². The first-order valence-corrected chi connectivity index (χ1v) is 10.4. The molecular weight excluding hydrogens is 444 g/mol. The fraction of sp³-hybridized carbons (Fsp3) is 0.500. The Bertz CT molecular complexity index is 754. The number of benzene rings is 2. The Kier molecular flexibility index (Phi) is 12.8. The van der Waals surface area contributed by atoms with E-state index in [0.29, 0.717) is 5.56 Å². The molecule has 2 rings (SSSR count). The average molecular weight is 479 g/mol. The zero-order valence-electron chi connectivity index (χ0n) is 18.4. The van der Waals surface area contributed by atoms with Gasteiger partial charge < -0.3 is 11.1 Å². The maximum Gasteiger partial charge on any atom is 0.416 e. The van der Waals surface area contributed by atoms with Gasteiger partial charge in [0.1, 0.15) is 0 Å². The van der Waals surface area contributed by atoms with Crippen molar-refractivity contribution < 1.29 is 13.2 Å². The molecule has 3 N–H and O–H groups in total. The second-order valence-electron chi connectivity index (χ2n) is 8.09. The molecule has 0 fully saturated rings. The molecule has 0 bridgehead atoms. The number of nitrogens with two attached hydrogens (primary N) is 1. The molecule has 0 saturated heterocycles. The van der Waals surface area contributed by atoms with Crippen molar-refractivity contribution in [3.63, 3.8) is 0 Å². The van der Waals surface area contributed by atoms with Gasteiger partial charge in [-0.05, 0) is 49.4 Å². The largest absolute Gasteiger partial charge is 0.416 e. The first-order valence-electron chi connectivity index (χ1n) is 10.4. The summed E-state index contributed by atoms with van der Waals surface area (Å²) in [5.74, 6) is 0.0857. The van der Waals surface area contributed by atoms with Crippen LogP contribution < -0.4 is 11.1 Å². The summed E-state index contributed by atoms with van der Waals surface area (Å²) in [6.07, 6.45) is -0.0663. The Balaban J connectivity index is 0.00000450. The highest BCUT2D eigenvalue weighted by atomic mass is 35.5. The molecule has 176 valence electrons. The molecule has 0 aliphatic carbocycles. The van der Waals surface area contributed by atoms with Crippen molar-refractivity contribution in [2.75, 3.05) is 7.05 Å². The number of hydrogen-bond acceptors (Lipinski definition) is 2. The monoisotopic (exact) mass is 478 g/mol. The maximum atomic E-state index is 13.3. The highest BCUT2D eigenvalue weighted by Gasteiger charge is 2.42. The molecule has 2 aromatic rings. The van der Waals surface area contributed by atoms with Gasteiger partial charge in [-0.3, -0.25) is 0 Å². The van der Waals surface area contributed by atoms with E-state index in [1.807, 2.05) is 32.0 Å². The summed E-state index contributed by atoms with van der Waals surface area (Å²) in [7, 11) is 1.77. The second-order valence-corrected chi connectivity index (χ2v) is 8.09. The van der Waals surface area contributed by atoms with E-state index in [2.05, 4.69) is 17.4 Å². The van der Waals surface area contributed by atoms with Gasteiger partial charge in [-0.25, -0.2) is 0 Å².